The van der Waals surface area contributed by atoms with Crippen LogP contribution in [0.1, 0.15) is 58.1 Å². The van der Waals surface area contributed by atoms with E-state index in [4.69, 9.17) is 0 Å². The Kier molecular flexibility index (Phi) is 6.91. The Labute approximate surface area is 135 Å². The molecule has 114 valence electrons. The quantitative estimate of drug-likeness (QED) is 0.772. The molecule has 0 aliphatic rings. The number of rotatable bonds is 7. The van der Waals surface area contributed by atoms with Crippen LogP contribution < -0.4 is 5.32 Å². The molecule has 0 aliphatic carbocycles. The minimum absolute atomic E-state index is 0.114. The van der Waals surface area contributed by atoms with Crippen LogP contribution in [0.4, 0.5) is 0 Å². The van der Waals surface area contributed by atoms with Gasteiger partial charge in [0, 0.05) is 4.47 Å². The molecule has 3 nitrogen and oxygen atoms in total. The molecule has 0 radical (unpaired) electrons. The number of benzene rings is 1. The molecular formula is C17H23BrN2O. The van der Waals surface area contributed by atoms with Crippen molar-refractivity contribution in [3.8, 4) is 6.07 Å². The third-order valence-electron chi connectivity index (χ3n) is 3.70. The molecular weight excluding hydrogens is 328 g/mol. The summed E-state index contributed by atoms with van der Waals surface area (Å²) in [5.41, 5.74) is 0.126. The molecule has 1 atom stereocenters. The predicted molar refractivity (Wildman–Crippen MR) is 88.6 cm³/mol. The van der Waals surface area contributed by atoms with Crippen molar-refractivity contribution in [3.05, 3.63) is 34.3 Å². The van der Waals surface area contributed by atoms with Crippen LogP contribution in [0.3, 0.4) is 0 Å². The number of carbonyl (C=O) groups excluding carboxylic acids is 1. The van der Waals surface area contributed by atoms with Gasteiger partial charge in [0.1, 0.15) is 5.41 Å². The van der Waals surface area contributed by atoms with Gasteiger partial charge in [-0.05, 0) is 37.5 Å². The SMILES string of the molecule is CCCC(C#N)(CCC)C(=O)NC(C)c1cccc(Br)c1. The van der Waals surface area contributed by atoms with Crippen molar-refractivity contribution in [2.45, 2.75) is 52.5 Å². The number of nitriles is 1. The Hall–Kier alpha value is -1.34. The highest BCUT2D eigenvalue weighted by molar-refractivity contribution is 9.10. The first kappa shape index (κ1) is 17.7. The van der Waals surface area contributed by atoms with Crippen LogP contribution in [0.5, 0.6) is 0 Å². The predicted octanol–water partition coefficient (Wildman–Crippen LogP) is 4.74. The number of hydrogen-bond donors (Lipinski definition) is 1. The number of nitrogens with zero attached hydrogens (tertiary/aromatic N) is 1. The smallest absolute Gasteiger partial charge is 0.240 e. The van der Waals surface area contributed by atoms with Crippen molar-refractivity contribution in [1.82, 2.24) is 5.32 Å². The van der Waals surface area contributed by atoms with Crippen molar-refractivity contribution in [3.63, 3.8) is 0 Å². The van der Waals surface area contributed by atoms with E-state index in [0.29, 0.717) is 12.8 Å². The number of hydrogen-bond acceptors (Lipinski definition) is 2. The van der Waals surface area contributed by atoms with Gasteiger partial charge in [0.05, 0.1) is 12.1 Å². The molecule has 0 fully saturated rings. The maximum Gasteiger partial charge on any atom is 0.240 e. The zero-order chi connectivity index (χ0) is 15.9. The van der Waals surface area contributed by atoms with Gasteiger partial charge in [-0.1, -0.05) is 54.8 Å². The first-order valence-electron chi connectivity index (χ1n) is 7.46. The average Bonchev–Trinajstić information content (AvgIpc) is 2.46. The highest BCUT2D eigenvalue weighted by Crippen LogP contribution is 2.30. The zero-order valence-electron chi connectivity index (χ0n) is 12.9. The van der Waals surface area contributed by atoms with Crippen LogP contribution in [0.2, 0.25) is 0 Å². The fraction of sp³-hybridized carbons (Fsp3) is 0.529. The number of amides is 1. The molecule has 0 bridgehead atoms. The van der Waals surface area contributed by atoms with E-state index in [1.54, 1.807) is 0 Å². The van der Waals surface area contributed by atoms with Crippen molar-refractivity contribution in [1.29, 1.82) is 5.26 Å². The van der Waals surface area contributed by atoms with Gasteiger partial charge in [-0.2, -0.15) is 5.26 Å². The highest BCUT2D eigenvalue weighted by atomic mass is 79.9. The van der Waals surface area contributed by atoms with Crippen LogP contribution in [-0.4, -0.2) is 5.91 Å². The Morgan fingerprint density at radius 1 is 1.38 bits per heavy atom. The van der Waals surface area contributed by atoms with Gasteiger partial charge in [0.15, 0.2) is 0 Å². The monoisotopic (exact) mass is 350 g/mol. The molecule has 1 unspecified atom stereocenters. The third-order valence-corrected chi connectivity index (χ3v) is 4.19. The molecule has 0 saturated carbocycles. The minimum Gasteiger partial charge on any atom is -0.348 e. The van der Waals surface area contributed by atoms with Crippen molar-refractivity contribution < 1.29 is 4.79 Å². The standard InChI is InChI=1S/C17H23BrN2O/c1-4-9-17(12-19,10-5-2)16(21)20-13(3)14-7-6-8-15(18)11-14/h6-8,11,13H,4-5,9-10H2,1-3H3,(H,20,21). The molecule has 21 heavy (non-hydrogen) atoms. The van der Waals surface area contributed by atoms with E-state index in [0.717, 1.165) is 22.9 Å². The number of nitrogens with one attached hydrogen (secondary N) is 1. The molecule has 0 spiro atoms. The lowest BCUT2D eigenvalue weighted by Gasteiger charge is -2.27. The third kappa shape index (κ3) is 4.57. The van der Waals surface area contributed by atoms with Crippen LogP contribution >= 0.6 is 15.9 Å². The summed E-state index contributed by atoms with van der Waals surface area (Å²) in [4.78, 5) is 12.6. The van der Waals surface area contributed by atoms with Crippen LogP contribution in [0.25, 0.3) is 0 Å². The van der Waals surface area contributed by atoms with Gasteiger partial charge in [0.25, 0.3) is 0 Å². The summed E-state index contributed by atoms with van der Waals surface area (Å²) in [5.74, 6) is -0.152. The fourth-order valence-electron chi connectivity index (χ4n) is 2.56. The van der Waals surface area contributed by atoms with E-state index in [1.165, 1.54) is 0 Å². The van der Waals surface area contributed by atoms with Crippen LogP contribution in [0.15, 0.2) is 28.7 Å². The average molecular weight is 351 g/mol. The van der Waals surface area contributed by atoms with Gasteiger partial charge in [-0.15, -0.1) is 0 Å². The summed E-state index contributed by atoms with van der Waals surface area (Å²) < 4.78 is 0.981. The van der Waals surface area contributed by atoms with E-state index in [-0.39, 0.29) is 11.9 Å². The van der Waals surface area contributed by atoms with Gasteiger partial charge in [-0.25, -0.2) is 0 Å². The zero-order valence-corrected chi connectivity index (χ0v) is 14.5. The molecule has 0 saturated heterocycles. The van der Waals surface area contributed by atoms with E-state index < -0.39 is 5.41 Å². The van der Waals surface area contributed by atoms with E-state index in [2.05, 4.69) is 27.3 Å². The Bertz CT molecular complexity index is 516. The summed E-state index contributed by atoms with van der Waals surface area (Å²) in [6, 6.07) is 10.0. The molecule has 0 aliphatic heterocycles. The van der Waals surface area contributed by atoms with Gasteiger partial charge in [0.2, 0.25) is 5.91 Å². The molecule has 1 rings (SSSR count). The lowest BCUT2D eigenvalue weighted by Crippen LogP contribution is -2.41. The summed E-state index contributed by atoms with van der Waals surface area (Å²) in [6.45, 7) is 5.96. The second-order valence-electron chi connectivity index (χ2n) is 5.44. The first-order valence-corrected chi connectivity index (χ1v) is 8.26. The molecule has 1 N–H and O–H groups in total. The lowest BCUT2D eigenvalue weighted by molar-refractivity contribution is -0.129. The molecule has 1 amide bonds. The fourth-order valence-corrected chi connectivity index (χ4v) is 2.98. The highest BCUT2D eigenvalue weighted by Gasteiger charge is 2.37. The molecule has 0 aromatic heterocycles. The number of carbonyl (C=O) groups is 1. The van der Waals surface area contributed by atoms with E-state index in [1.807, 2.05) is 45.0 Å². The summed E-state index contributed by atoms with van der Waals surface area (Å²) in [7, 11) is 0. The van der Waals surface area contributed by atoms with Gasteiger partial charge >= 0.3 is 0 Å². The maximum absolute atomic E-state index is 12.6. The van der Waals surface area contributed by atoms with E-state index >= 15 is 0 Å². The second-order valence-corrected chi connectivity index (χ2v) is 6.36. The van der Waals surface area contributed by atoms with Gasteiger partial charge in [-0.3, -0.25) is 4.79 Å². The molecule has 0 heterocycles. The summed E-state index contributed by atoms with van der Waals surface area (Å²) >= 11 is 3.43. The summed E-state index contributed by atoms with van der Waals surface area (Å²) in [5, 5.41) is 12.5. The molecule has 1 aromatic rings. The van der Waals surface area contributed by atoms with Crippen molar-refractivity contribution in [2.24, 2.45) is 5.41 Å². The topological polar surface area (TPSA) is 52.9 Å². The Balaban J connectivity index is 2.89. The Morgan fingerprint density at radius 2 is 2.00 bits per heavy atom. The first-order chi connectivity index (χ1) is 9.99. The minimum atomic E-state index is -0.899. The van der Waals surface area contributed by atoms with Crippen LogP contribution in [0, 0.1) is 16.7 Å². The normalized spacial score (nSPS) is 12.5. The summed E-state index contributed by atoms with van der Waals surface area (Å²) in [6.07, 6.45) is 2.86. The molecule has 4 heteroatoms. The van der Waals surface area contributed by atoms with Crippen LogP contribution in [-0.2, 0) is 4.79 Å². The Morgan fingerprint density at radius 3 is 2.48 bits per heavy atom. The maximum atomic E-state index is 12.6. The lowest BCUT2D eigenvalue weighted by atomic mass is 9.79. The second kappa shape index (κ2) is 8.19. The van der Waals surface area contributed by atoms with Crippen molar-refractivity contribution in [2.75, 3.05) is 0 Å². The van der Waals surface area contributed by atoms with Crippen molar-refractivity contribution >= 4 is 21.8 Å². The van der Waals surface area contributed by atoms with E-state index in [9.17, 15) is 10.1 Å². The largest absolute Gasteiger partial charge is 0.348 e. The molecule has 1 aromatic carbocycles. The number of halogens is 1. The van der Waals surface area contributed by atoms with Gasteiger partial charge < -0.3 is 5.32 Å².